The van der Waals surface area contributed by atoms with E-state index in [1.54, 1.807) is 0 Å². The number of carbonyl (C=O) groups is 3. The first-order valence-corrected chi connectivity index (χ1v) is 26.9. The maximum Gasteiger partial charge on any atom is 0.306 e. The molecular weight excluding hydrogens is 793 g/mol. The fourth-order valence-corrected chi connectivity index (χ4v) is 7.36. The van der Waals surface area contributed by atoms with E-state index in [-0.39, 0.29) is 44.0 Å². The fourth-order valence-electron chi connectivity index (χ4n) is 7.36. The summed E-state index contributed by atoms with van der Waals surface area (Å²) in [6.45, 7) is 6.54. The third-order valence-electron chi connectivity index (χ3n) is 11.4. The number of unbranched alkanes of at least 4 members (excludes halogenated alkanes) is 25. The van der Waals surface area contributed by atoms with E-state index in [0.717, 1.165) is 57.8 Å². The molecule has 64 heavy (non-hydrogen) atoms. The van der Waals surface area contributed by atoms with Crippen LogP contribution in [0, 0.1) is 0 Å². The first kappa shape index (κ1) is 60.9. The summed E-state index contributed by atoms with van der Waals surface area (Å²) in [5.74, 6) is -1.01. The lowest BCUT2D eigenvalue weighted by molar-refractivity contribution is -0.167. The molecule has 368 valence electrons. The lowest BCUT2D eigenvalue weighted by atomic mass is 10.0. The number of hydrogen-bond acceptors (Lipinski definition) is 6. The van der Waals surface area contributed by atoms with Crippen LogP contribution in [0.4, 0.5) is 0 Å². The lowest BCUT2D eigenvalue weighted by Crippen LogP contribution is -2.30. The van der Waals surface area contributed by atoms with Crippen LogP contribution in [0.2, 0.25) is 0 Å². The highest BCUT2D eigenvalue weighted by Gasteiger charge is 2.19. The van der Waals surface area contributed by atoms with Crippen LogP contribution in [0.5, 0.6) is 0 Å². The van der Waals surface area contributed by atoms with Crippen LogP contribution >= 0.6 is 0 Å². The van der Waals surface area contributed by atoms with Crippen molar-refractivity contribution in [2.75, 3.05) is 13.2 Å². The van der Waals surface area contributed by atoms with Crippen LogP contribution < -0.4 is 0 Å². The molecule has 0 aliphatic heterocycles. The van der Waals surface area contributed by atoms with Crippen LogP contribution in [0.1, 0.15) is 258 Å². The molecule has 0 rings (SSSR count). The van der Waals surface area contributed by atoms with Gasteiger partial charge in [-0.05, 0) is 83.5 Å². The van der Waals surface area contributed by atoms with E-state index in [1.807, 2.05) is 0 Å². The summed E-state index contributed by atoms with van der Waals surface area (Å²) >= 11 is 0. The summed E-state index contributed by atoms with van der Waals surface area (Å²) in [5, 5.41) is 0. The molecule has 0 aromatic heterocycles. The van der Waals surface area contributed by atoms with Crippen molar-refractivity contribution in [3.05, 3.63) is 72.9 Å². The van der Waals surface area contributed by atoms with Gasteiger partial charge in [-0.2, -0.15) is 0 Å². The Kier molecular flexibility index (Phi) is 49.9. The van der Waals surface area contributed by atoms with E-state index in [2.05, 4.69) is 93.7 Å². The highest BCUT2D eigenvalue weighted by atomic mass is 16.6. The summed E-state index contributed by atoms with van der Waals surface area (Å²) in [6.07, 6.45) is 66.1. The van der Waals surface area contributed by atoms with Crippen LogP contribution in [-0.2, 0) is 28.6 Å². The van der Waals surface area contributed by atoms with Crippen LogP contribution in [-0.4, -0.2) is 37.2 Å². The van der Waals surface area contributed by atoms with Crippen molar-refractivity contribution < 1.29 is 28.6 Å². The summed E-state index contributed by atoms with van der Waals surface area (Å²) in [7, 11) is 0. The molecule has 0 aliphatic rings. The van der Waals surface area contributed by atoms with Gasteiger partial charge in [0.15, 0.2) is 6.10 Å². The molecule has 0 heterocycles. The van der Waals surface area contributed by atoms with E-state index >= 15 is 0 Å². The molecular formula is C58H100O6. The van der Waals surface area contributed by atoms with Gasteiger partial charge in [-0.15, -0.1) is 0 Å². The zero-order valence-electron chi connectivity index (χ0n) is 42.0. The monoisotopic (exact) mass is 893 g/mol. The first-order valence-electron chi connectivity index (χ1n) is 26.9. The molecule has 0 saturated carbocycles. The number of carbonyl (C=O) groups excluding carboxylic acids is 3. The summed E-state index contributed by atoms with van der Waals surface area (Å²) < 4.78 is 16.7. The smallest absolute Gasteiger partial charge is 0.306 e. The minimum absolute atomic E-state index is 0.109. The predicted octanol–water partition coefficient (Wildman–Crippen LogP) is 17.8. The Morgan fingerprint density at radius 1 is 0.312 bits per heavy atom. The Bertz CT molecular complexity index is 1210. The fraction of sp³-hybridized carbons (Fsp3) is 0.741. The molecule has 6 nitrogen and oxygen atoms in total. The predicted molar refractivity (Wildman–Crippen MR) is 274 cm³/mol. The topological polar surface area (TPSA) is 78.9 Å². The minimum atomic E-state index is -0.819. The molecule has 0 radical (unpaired) electrons. The molecule has 0 N–H and O–H groups in total. The van der Waals surface area contributed by atoms with Gasteiger partial charge < -0.3 is 14.2 Å². The van der Waals surface area contributed by atoms with Crippen molar-refractivity contribution in [2.24, 2.45) is 0 Å². The van der Waals surface area contributed by atoms with Crippen molar-refractivity contribution in [2.45, 2.75) is 264 Å². The molecule has 1 atom stereocenters. The van der Waals surface area contributed by atoms with Gasteiger partial charge in [0.1, 0.15) is 13.2 Å². The standard InChI is InChI=1S/C58H100O6/c1-4-7-10-13-16-19-22-25-27-29-31-33-36-39-42-45-48-51-57(60)63-54-55(53-62-56(59)50-47-44-41-38-35-24-21-18-15-12-9-6-3)64-58(61)52-49-46-43-40-37-34-32-30-28-26-23-20-17-14-11-8-5-2/h25-28,31-34,39-40,42-43,55H,4-24,29-30,35-38,41,44-54H2,1-3H3/b27-25-,28-26-,33-31-,34-32-,42-39-,43-40-. The van der Waals surface area contributed by atoms with Crippen LogP contribution in [0.3, 0.4) is 0 Å². The molecule has 0 saturated heterocycles. The molecule has 0 bridgehead atoms. The van der Waals surface area contributed by atoms with Crippen LogP contribution in [0.15, 0.2) is 72.9 Å². The maximum atomic E-state index is 12.8. The van der Waals surface area contributed by atoms with Gasteiger partial charge in [-0.25, -0.2) is 0 Å². The van der Waals surface area contributed by atoms with E-state index < -0.39 is 6.10 Å². The lowest BCUT2D eigenvalue weighted by Gasteiger charge is -2.18. The molecule has 0 fully saturated rings. The van der Waals surface area contributed by atoms with Gasteiger partial charge in [0.25, 0.3) is 0 Å². The molecule has 0 aliphatic carbocycles. The number of rotatable bonds is 48. The van der Waals surface area contributed by atoms with Crippen molar-refractivity contribution >= 4 is 17.9 Å². The van der Waals surface area contributed by atoms with Gasteiger partial charge in [0.2, 0.25) is 0 Å². The Morgan fingerprint density at radius 2 is 0.578 bits per heavy atom. The van der Waals surface area contributed by atoms with Crippen LogP contribution in [0.25, 0.3) is 0 Å². The Morgan fingerprint density at radius 3 is 0.938 bits per heavy atom. The number of hydrogen-bond donors (Lipinski definition) is 0. The minimum Gasteiger partial charge on any atom is -0.462 e. The summed E-state index contributed by atoms with van der Waals surface area (Å²) in [6, 6.07) is 0. The van der Waals surface area contributed by atoms with Gasteiger partial charge in [0.05, 0.1) is 0 Å². The van der Waals surface area contributed by atoms with E-state index in [9.17, 15) is 14.4 Å². The molecule has 0 amide bonds. The second-order valence-corrected chi connectivity index (χ2v) is 17.8. The molecule has 6 heteroatoms. The SMILES string of the molecule is CCCCCCCC/C=C\C/C=C\C/C=C\CCCC(=O)OCC(COC(=O)CCCCCCCCCCCCCC)OC(=O)CCC/C=C\C/C=C\C/C=C\CCCCCCCC. The second-order valence-electron chi connectivity index (χ2n) is 17.8. The molecule has 1 unspecified atom stereocenters. The number of esters is 3. The number of ether oxygens (including phenoxy) is 3. The highest BCUT2D eigenvalue weighted by molar-refractivity contribution is 5.71. The second kappa shape index (κ2) is 52.5. The normalized spacial score (nSPS) is 12.6. The van der Waals surface area contributed by atoms with Gasteiger partial charge >= 0.3 is 17.9 Å². The average molecular weight is 893 g/mol. The number of allylic oxidation sites excluding steroid dienone is 12. The third kappa shape index (κ3) is 49.9. The Balaban J connectivity index is 4.52. The Labute approximate surface area is 395 Å². The molecule has 0 spiro atoms. The van der Waals surface area contributed by atoms with Crippen molar-refractivity contribution in [3.63, 3.8) is 0 Å². The van der Waals surface area contributed by atoms with E-state index in [4.69, 9.17) is 14.2 Å². The highest BCUT2D eigenvalue weighted by Crippen LogP contribution is 2.14. The largest absolute Gasteiger partial charge is 0.462 e. The van der Waals surface area contributed by atoms with Crippen molar-refractivity contribution in [1.29, 1.82) is 0 Å². The first-order chi connectivity index (χ1) is 31.5. The van der Waals surface area contributed by atoms with E-state index in [0.29, 0.717) is 19.3 Å². The maximum absolute atomic E-state index is 12.8. The molecule has 0 aromatic carbocycles. The van der Waals surface area contributed by atoms with Gasteiger partial charge in [0, 0.05) is 19.3 Å². The summed E-state index contributed by atoms with van der Waals surface area (Å²) in [5.41, 5.74) is 0. The third-order valence-corrected chi connectivity index (χ3v) is 11.4. The van der Waals surface area contributed by atoms with Gasteiger partial charge in [-0.1, -0.05) is 229 Å². The van der Waals surface area contributed by atoms with E-state index in [1.165, 1.54) is 148 Å². The zero-order chi connectivity index (χ0) is 46.5. The zero-order valence-corrected chi connectivity index (χ0v) is 42.0. The van der Waals surface area contributed by atoms with Crippen molar-refractivity contribution in [3.8, 4) is 0 Å². The average Bonchev–Trinajstić information content (AvgIpc) is 3.29. The Hall–Kier alpha value is -3.15. The summed E-state index contributed by atoms with van der Waals surface area (Å²) in [4.78, 5) is 38.0. The quantitative estimate of drug-likeness (QED) is 0.0262. The molecule has 0 aromatic rings. The van der Waals surface area contributed by atoms with Crippen molar-refractivity contribution in [1.82, 2.24) is 0 Å². The van der Waals surface area contributed by atoms with Gasteiger partial charge in [-0.3, -0.25) is 14.4 Å².